The van der Waals surface area contributed by atoms with Crippen molar-refractivity contribution < 1.29 is 9.90 Å². The van der Waals surface area contributed by atoms with Crippen molar-refractivity contribution in [2.45, 2.75) is 32.8 Å². The quantitative estimate of drug-likeness (QED) is 0.770. The van der Waals surface area contributed by atoms with Gasteiger partial charge in [0.2, 0.25) is 0 Å². The Hall–Kier alpha value is -1.26. The second-order valence-electron chi connectivity index (χ2n) is 4.14. The lowest BCUT2D eigenvalue weighted by atomic mass is 10.2. The number of urea groups is 1. The van der Waals surface area contributed by atoms with Gasteiger partial charge < -0.3 is 15.7 Å². The van der Waals surface area contributed by atoms with E-state index in [2.05, 4.69) is 10.6 Å². The number of carbonyl (C=O) groups excluding carboxylic acids is 1. The minimum Gasteiger partial charge on any atom is -0.393 e. The number of anilines is 1. The van der Waals surface area contributed by atoms with Crippen molar-refractivity contribution in [2.75, 3.05) is 11.9 Å². The number of benzene rings is 1. The maximum absolute atomic E-state index is 11.6. The van der Waals surface area contributed by atoms with Crippen molar-refractivity contribution >= 4 is 23.3 Å². The number of carbonyl (C=O) groups is 1. The smallest absolute Gasteiger partial charge is 0.319 e. The van der Waals surface area contributed by atoms with Gasteiger partial charge in [-0.3, -0.25) is 0 Å². The third-order valence-electron chi connectivity index (χ3n) is 2.75. The number of hydrogen-bond donors (Lipinski definition) is 3. The van der Waals surface area contributed by atoms with Crippen molar-refractivity contribution in [3.05, 3.63) is 28.8 Å². The summed E-state index contributed by atoms with van der Waals surface area (Å²) in [4.78, 5) is 11.6. The van der Waals surface area contributed by atoms with Crippen LogP contribution in [0.1, 0.15) is 25.3 Å². The van der Waals surface area contributed by atoms with Gasteiger partial charge in [0.05, 0.1) is 6.10 Å². The predicted octanol–water partition coefficient (Wildman–Crippen LogP) is 2.93. The second kappa shape index (κ2) is 7.24. The van der Waals surface area contributed by atoms with E-state index in [1.165, 1.54) is 0 Å². The molecule has 0 spiro atoms. The molecule has 1 atom stereocenters. The van der Waals surface area contributed by atoms with Crippen LogP contribution in [0.15, 0.2) is 18.2 Å². The van der Waals surface area contributed by atoms with Gasteiger partial charge in [-0.05, 0) is 37.5 Å². The molecule has 1 rings (SSSR count). The fourth-order valence-electron chi connectivity index (χ4n) is 1.47. The molecule has 0 saturated heterocycles. The van der Waals surface area contributed by atoms with Crippen LogP contribution in [0, 0.1) is 6.92 Å². The Bertz CT molecular complexity index is 410. The van der Waals surface area contributed by atoms with E-state index in [0.29, 0.717) is 30.1 Å². The van der Waals surface area contributed by atoms with Gasteiger partial charge in [-0.25, -0.2) is 4.79 Å². The van der Waals surface area contributed by atoms with E-state index in [9.17, 15) is 9.90 Å². The fraction of sp³-hybridized carbons (Fsp3) is 0.462. The summed E-state index contributed by atoms with van der Waals surface area (Å²) in [6, 6.07) is 5.06. The van der Waals surface area contributed by atoms with Gasteiger partial charge in [0.25, 0.3) is 0 Å². The molecule has 0 saturated carbocycles. The van der Waals surface area contributed by atoms with Crippen LogP contribution in [0.5, 0.6) is 0 Å². The van der Waals surface area contributed by atoms with E-state index in [-0.39, 0.29) is 12.1 Å². The number of amides is 2. The lowest BCUT2D eigenvalue weighted by molar-refractivity contribution is 0.160. The standard InChI is InChI=1S/C13H19ClN2O2/c1-3-10(17)7-8-15-13(18)16-12-6-4-5-11(14)9(12)2/h4-6,10,17H,3,7-8H2,1-2H3,(H2,15,16,18). The molecule has 5 heteroatoms. The van der Waals surface area contributed by atoms with Crippen LogP contribution in [0.25, 0.3) is 0 Å². The van der Waals surface area contributed by atoms with Crippen molar-refractivity contribution in [3.8, 4) is 0 Å². The molecule has 0 aromatic heterocycles. The number of nitrogens with one attached hydrogen (secondary N) is 2. The molecule has 18 heavy (non-hydrogen) atoms. The summed E-state index contributed by atoms with van der Waals surface area (Å²) in [7, 11) is 0. The number of aliphatic hydroxyl groups excluding tert-OH is 1. The molecule has 0 radical (unpaired) electrons. The zero-order chi connectivity index (χ0) is 13.5. The van der Waals surface area contributed by atoms with Gasteiger partial charge in [0.1, 0.15) is 0 Å². The lowest BCUT2D eigenvalue weighted by Gasteiger charge is -2.12. The Morgan fingerprint density at radius 3 is 2.89 bits per heavy atom. The van der Waals surface area contributed by atoms with Crippen LogP contribution in [0.3, 0.4) is 0 Å². The molecule has 4 nitrogen and oxygen atoms in total. The van der Waals surface area contributed by atoms with Crippen LogP contribution in [0.4, 0.5) is 10.5 Å². The predicted molar refractivity (Wildman–Crippen MR) is 74.1 cm³/mol. The number of hydrogen-bond acceptors (Lipinski definition) is 2. The van der Waals surface area contributed by atoms with Crippen LogP contribution < -0.4 is 10.6 Å². The van der Waals surface area contributed by atoms with E-state index < -0.39 is 0 Å². The fourth-order valence-corrected chi connectivity index (χ4v) is 1.64. The number of rotatable bonds is 5. The Balaban J connectivity index is 2.43. The van der Waals surface area contributed by atoms with Crippen LogP contribution in [-0.4, -0.2) is 23.8 Å². The highest BCUT2D eigenvalue weighted by Gasteiger charge is 2.07. The Morgan fingerprint density at radius 2 is 2.22 bits per heavy atom. The van der Waals surface area contributed by atoms with Gasteiger partial charge in [-0.2, -0.15) is 0 Å². The Labute approximate surface area is 112 Å². The first-order chi connectivity index (χ1) is 8.54. The SMILES string of the molecule is CCC(O)CCNC(=O)Nc1cccc(Cl)c1C. The second-order valence-corrected chi connectivity index (χ2v) is 4.55. The minimum absolute atomic E-state index is 0.288. The zero-order valence-corrected chi connectivity index (χ0v) is 11.4. The van der Waals surface area contributed by atoms with Gasteiger partial charge in [0.15, 0.2) is 0 Å². The Morgan fingerprint density at radius 1 is 1.50 bits per heavy atom. The van der Waals surface area contributed by atoms with Gasteiger partial charge in [-0.15, -0.1) is 0 Å². The highest BCUT2D eigenvalue weighted by Crippen LogP contribution is 2.22. The molecular formula is C13H19ClN2O2. The molecule has 1 unspecified atom stereocenters. The zero-order valence-electron chi connectivity index (χ0n) is 10.7. The van der Waals surface area contributed by atoms with Crippen molar-refractivity contribution in [3.63, 3.8) is 0 Å². The van der Waals surface area contributed by atoms with E-state index in [4.69, 9.17) is 11.6 Å². The largest absolute Gasteiger partial charge is 0.393 e. The summed E-state index contributed by atoms with van der Waals surface area (Å²) in [5.74, 6) is 0. The molecule has 0 fully saturated rings. The summed E-state index contributed by atoms with van der Waals surface area (Å²) in [5.41, 5.74) is 1.53. The highest BCUT2D eigenvalue weighted by molar-refractivity contribution is 6.31. The van der Waals surface area contributed by atoms with Crippen molar-refractivity contribution in [1.29, 1.82) is 0 Å². The topological polar surface area (TPSA) is 61.4 Å². The molecule has 0 bridgehead atoms. The molecule has 0 aliphatic heterocycles. The average Bonchev–Trinajstić information content (AvgIpc) is 2.34. The van der Waals surface area contributed by atoms with Gasteiger partial charge in [-0.1, -0.05) is 24.6 Å². The van der Waals surface area contributed by atoms with E-state index in [1.807, 2.05) is 13.8 Å². The number of aliphatic hydroxyl groups is 1. The maximum atomic E-state index is 11.6. The molecule has 3 N–H and O–H groups in total. The molecule has 100 valence electrons. The van der Waals surface area contributed by atoms with E-state index in [1.54, 1.807) is 18.2 Å². The summed E-state index contributed by atoms with van der Waals surface area (Å²) in [5, 5.41) is 15.4. The third-order valence-corrected chi connectivity index (χ3v) is 3.16. The molecule has 0 aliphatic carbocycles. The summed E-state index contributed by atoms with van der Waals surface area (Å²) < 4.78 is 0. The normalized spacial score (nSPS) is 12.0. The summed E-state index contributed by atoms with van der Waals surface area (Å²) in [6.45, 7) is 4.19. The van der Waals surface area contributed by atoms with E-state index >= 15 is 0 Å². The Kier molecular flexibility index (Phi) is 5.95. The molecule has 1 aromatic rings. The van der Waals surface area contributed by atoms with Gasteiger partial charge in [0, 0.05) is 17.3 Å². The first-order valence-electron chi connectivity index (χ1n) is 6.02. The van der Waals surface area contributed by atoms with E-state index in [0.717, 1.165) is 5.56 Å². The summed E-state index contributed by atoms with van der Waals surface area (Å²) in [6.07, 6.45) is 0.882. The average molecular weight is 271 g/mol. The molecule has 0 aliphatic rings. The minimum atomic E-state index is -0.363. The van der Waals surface area contributed by atoms with Gasteiger partial charge >= 0.3 is 6.03 Å². The summed E-state index contributed by atoms with van der Waals surface area (Å²) >= 11 is 5.96. The maximum Gasteiger partial charge on any atom is 0.319 e. The highest BCUT2D eigenvalue weighted by atomic mass is 35.5. The molecular weight excluding hydrogens is 252 g/mol. The van der Waals surface area contributed by atoms with Crippen LogP contribution in [-0.2, 0) is 0 Å². The molecule has 0 heterocycles. The lowest BCUT2D eigenvalue weighted by Crippen LogP contribution is -2.31. The molecule has 2 amide bonds. The van der Waals surface area contributed by atoms with Crippen LogP contribution in [0.2, 0.25) is 5.02 Å². The third kappa shape index (κ3) is 4.55. The first kappa shape index (κ1) is 14.8. The van der Waals surface area contributed by atoms with Crippen molar-refractivity contribution in [1.82, 2.24) is 5.32 Å². The first-order valence-corrected chi connectivity index (χ1v) is 6.40. The monoisotopic (exact) mass is 270 g/mol. The van der Waals surface area contributed by atoms with Crippen LogP contribution >= 0.6 is 11.6 Å². The number of halogens is 1. The molecule has 1 aromatic carbocycles. The van der Waals surface area contributed by atoms with Crippen molar-refractivity contribution in [2.24, 2.45) is 0 Å².